The van der Waals surface area contributed by atoms with E-state index in [1.54, 1.807) is 11.3 Å². The number of furan rings is 1. The number of aromatic nitrogens is 4. The Hall–Kier alpha value is -3.03. The maximum Gasteiger partial charge on any atom is 0.177 e. The smallest absolute Gasteiger partial charge is 0.177 e. The van der Waals surface area contributed by atoms with E-state index in [0.29, 0.717) is 5.92 Å². The van der Waals surface area contributed by atoms with Gasteiger partial charge in [0, 0.05) is 22.4 Å². The number of pyridine rings is 1. The van der Waals surface area contributed by atoms with Gasteiger partial charge in [-0.05, 0) is 57.1 Å². The number of hydrogen-bond donors (Lipinski definition) is 1. The second kappa shape index (κ2) is 7.59. The van der Waals surface area contributed by atoms with Gasteiger partial charge in [-0.25, -0.2) is 15.0 Å². The summed E-state index contributed by atoms with van der Waals surface area (Å²) in [5.41, 5.74) is 4.68. The highest BCUT2D eigenvalue weighted by Crippen LogP contribution is 2.34. The summed E-state index contributed by atoms with van der Waals surface area (Å²) in [5.74, 6) is 2.36. The summed E-state index contributed by atoms with van der Waals surface area (Å²) < 4.78 is 5.99. The van der Waals surface area contributed by atoms with Gasteiger partial charge < -0.3 is 9.40 Å². The molecule has 5 heterocycles. The summed E-state index contributed by atoms with van der Waals surface area (Å²) in [5, 5.41) is 4.47. The summed E-state index contributed by atoms with van der Waals surface area (Å²) in [4.78, 5) is 20.0. The Balaban J connectivity index is 1.12. The SMILES string of the molecule is Cc1ccc2[nH]c(CN3CCC(c4nc(-c5cc6ccccc6o5)cs4)CC3)nc2n1. The summed E-state index contributed by atoms with van der Waals surface area (Å²) >= 11 is 1.75. The number of nitrogens with zero attached hydrogens (tertiary/aromatic N) is 4. The molecule has 0 radical (unpaired) electrons. The number of benzene rings is 1. The number of para-hydroxylation sites is 1. The molecule has 1 aliphatic rings. The summed E-state index contributed by atoms with van der Waals surface area (Å²) in [6, 6.07) is 14.3. The van der Waals surface area contributed by atoms with E-state index in [-0.39, 0.29) is 0 Å². The molecule has 1 fully saturated rings. The molecule has 0 spiro atoms. The first-order valence-corrected chi connectivity index (χ1v) is 11.6. The van der Waals surface area contributed by atoms with Crippen molar-refractivity contribution in [2.45, 2.75) is 32.2 Å². The lowest BCUT2D eigenvalue weighted by atomic mass is 9.97. The monoisotopic (exact) mass is 429 g/mol. The molecule has 6 rings (SSSR count). The number of thiazole rings is 1. The van der Waals surface area contributed by atoms with Crippen molar-refractivity contribution in [2.75, 3.05) is 13.1 Å². The third-order valence-electron chi connectivity index (χ3n) is 6.04. The first-order valence-electron chi connectivity index (χ1n) is 10.7. The van der Waals surface area contributed by atoms with Crippen LogP contribution in [-0.4, -0.2) is 37.9 Å². The highest BCUT2D eigenvalue weighted by Gasteiger charge is 2.24. The predicted octanol–water partition coefficient (Wildman–Crippen LogP) is 5.52. The van der Waals surface area contributed by atoms with E-state index in [9.17, 15) is 0 Å². The summed E-state index contributed by atoms with van der Waals surface area (Å²) in [7, 11) is 0. The second-order valence-electron chi connectivity index (χ2n) is 8.28. The summed E-state index contributed by atoms with van der Waals surface area (Å²) in [6.07, 6.45) is 2.23. The topological polar surface area (TPSA) is 70.8 Å². The number of fused-ring (bicyclic) bond motifs is 2. The number of aryl methyl sites for hydroxylation is 1. The molecule has 1 aromatic carbocycles. The number of nitrogens with one attached hydrogen (secondary N) is 1. The zero-order chi connectivity index (χ0) is 20.8. The first kappa shape index (κ1) is 18.7. The Bertz CT molecular complexity index is 1330. The van der Waals surface area contributed by atoms with Crippen LogP contribution in [0.5, 0.6) is 0 Å². The van der Waals surface area contributed by atoms with Gasteiger partial charge in [-0.15, -0.1) is 11.3 Å². The standard InChI is InChI=1S/C24H23N5OS/c1-15-6-7-18-23(25-15)28-22(26-18)13-29-10-8-16(9-11-29)24-27-19(14-31-24)21-12-17-4-2-3-5-20(17)30-21/h2-7,12,14,16H,8-11,13H2,1H3,(H,25,26,28). The number of piperidine rings is 1. The lowest BCUT2D eigenvalue weighted by Crippen LogP contribution is -2.32. The Morgan fingerprint density at radius 3 is 2.84 bits per heavy atom. The van der Waals surface area contributed by atoms with Gasteiger partial charge in [0.25, 0.3) is 0 Å². The van der Waals surface area contributed by atoms with Crippen LogP contribution in [0.1, 0.15) is 35.3 Å². The molecule has 0 aliphatic carbocycles. The zero-order valence-electron chi connectivity index (χ0n) is 17.3. The van der Waals surface area contributed by atoms with Gasteiger partial charge in [0.05, 0.1) is 17.1 Å². The van der Waals surface area contributed by atoms with Crippen LogP contribution in [0.4, 0.5) is 0 Å². The highest BCUT2D eigenvalue weighted by molar-refractivity contribution is 7.10. The molecule has 1 saturated heterocycles. The molecule has 1 N–H and O–H groups in total. The van der Waals surface area contributed by atoms with Crippen molar-refractivity contribution in [3.05, 3.63) is 64.4 Å². The number of rotatable bonds is 4. The van der Waals surface area contributed by atoms with Crippen LogP contribution in [0, 0.1) is 6.92 Å². The molecule has 0 saturated carbocycles. The number of imidazole rings is 1. The van der Waals surface area contributed by atoms with E-state index in [1.807, 2.05) is 31.2 Å². The first-order chi connectivity index (χ1) is 15.2. The van der Waals surface area contributed by atoms with Crippen LogP contribution in [0.3, 0.4) is 0 Å². The molecular formula is C24H23N5OS. The van der Waals surface area contributed by atoms with Crippen LogP contribution >= 0.6 is 11.3 Å². The fourth-order valence-corrected chi connectivity index (χ4v) is 5.34. The Kier molecular flexibility index (Phi) is 4.58. The average Bonchev–Trinajstić information content (AvgIpc) is 3.51. The molecule has 0 amide bonds. The Labute approximate surface area is 184 Å². The van der Waals surface area contributed by atoms with Crippen molar-refractivity contribution < 1.29 is 4.42 Å². The van der Waals surface area contributed by atoms with Crippen molar-refractivity contribution in [3.63, 3.8) is 0 Å². The van der Waals surface area contributed by atoms with Crippen LogP contribution in [-0.2, 0) is 6.54 Å². The lowest BCUT2D eigenvalue weighted by Gasteiger charge is -2.30. The second-order valence-corrected chi connectivity index (χ2v) is 9.17. The average molecular weight is 430 g/mol. The molecule has 1 aliphatic heterocycles. The molecule has 6 nitrogen and oxygen atoms in total. The fraction of sp³-hybridized carbons (Fsp3) is 0.292. The van der Waals surface area contributed by atoms with Crippen molar-refractivity contribution in [1.82, 2.24) is 24.8 Å². The number of likely N-dealkylation sites (tertiary alicyclic amines) is 1. The predicted molar refractivity (Wildman–Crippen MR) is 123 cm³/mol. The maximum absolute atomic E-state index is 5.99. The maximum atomic E-state index is 5.99. The number of hydrogen-bond acceptors (Lipinski definition) is 6. The van der Waals surface area contributed by atoms with Gasteiger partial charge in [0.1, 0.15) is 17.1 Å². The van der Waals surface area contributed by atoms with E-state index in [0.717, 1.165) is 77.6 Å². The minimum atomic E-state index is 0.513. The van der Waals surface area contributed by atoms with Gasteiger partial charge >= 0.3 is 0 Å². The van der Waals surface area contributed by atoms with E-state index in [4.69, 9.17) is 9.40 Å². The molecule has 0 bridgehead atoms. The molecule has 156 valence electrons. The number of aromatic amines is 1. The van der Waals surface area contributed by atoms with E-state index in [1.165, 1.54) is 5.01 Å². The third-order valence-corrected chi connectivity index (χ3v) is 7.05. The third kappa shape index (κ3) is 3.64. The quantitative estimate of drug-likeness (QED) is 0.408. The van der Waals surface area contributed by atoms with E-state index >= 15 is 0 Å². The zero-order valence-corrected chi connectivity index (χ0v) is 18.2. The van der Waals surface area contributed by atoms with Gasteiger partial charge in [0.2, 0.25) is 0 Å². The minimum absolute atomic E-state index is 0.513. The van der Waals surface area contributed by atoms with Crippen molar-refractivity contribution in [2.24, 2.45) is 0 Å². The van der Waals surface area contributed by atoms with Gasteiger partial charge in [0.15, 0.2) is 11.4 Å². The summed E-state index contributed by atoms with van der Waals surface area (Å²) in [6.45, 7) is 4.93. The van der Waals surface area contributed by atoms with Gasteiger partial charge in [-0.2, -0.15) is 0 Å². The van der Waals surface area contributed by atoms with Crippen LogP contribution in [0.2, 0.25) is 0 Å². The van der Waals surface area contributed by atoms with Gasteiger partial charge in [-0.1, -0.05) is 18.2 Å². The van der Waals surface area contributed by atoms with Crippen molar-refractivity contribution in [1.29, 1.82) is 0 Å². The molecular weight excluding hydrogens is 406 g/mol. The van der Waals surface area contributed by atoms with E-state index in [2.05, 4.69) is 43.4 Å². The molecule has 5 aromatic rings. The van der Waals surface area contributed by atoms with Gasteiger partial charge in [-0.3, -0.25) is 4.90 Å². The minimum Gasteiger partial charge on any atom is -0.454 e. The fourth-order valence-electron chi connectivity index (χ4n) is 4.36. The lowest BCUT2D eigenvalue weighted by molar-refractivity contribution is 0.201. The normalized spacial score (nSPS) is 15.9. The van der Waals surface area contributed by atoms with Crippen molar-refractivity contribution in [3.8, 4) is 11.5 Å². The largest absolute Gasteiger partial charge is 0.454 e. The molecule has 0 unspecified atom stereocenters. The van der Waals surface area contributed by atoms with E-state index < -0.39 is 0 Å². The highest BCUT2D eigenvalue weighted by atomic mass is 32.1. The van der Waals surface area contributed by atoms with Crippen LogP contribution < -0.4 is 0 Å². The Morgan fingerprint density at radius 2 is 1.97 bits per heavy atom. The molecule has 4 aromatic heterocycles. The molecule has 0 atom stereocenters. The van der Waals surface area contributed by atoms with Crippen LogP contribution in [0.15, 0.2) is 52.3 Å². The number of H-pyrrole nitrogens is 1. The Morgan fingerprint density at radius 1 is 1.10 bits per heavy atom. The molecule has 31 heavy (non-hydrogen) atoms. The molecule has 7 heteroatoms. The van der Waals surface area contributed by atoms with Crippen LogP contribution in [0.25, 0.3) is 33.6 Å². The van der Waals surface area contributed by atoms with Crippen molar-refractivity contribution >= 4 is 33.5 Å².